The summed E-state index contributed by atoms with van der Waals surface area (Å²) in [6.07, 6.45) is 0.578. The maximum Gasteiger partial charge on any atom is 0.160 e. The third kappa shape index (κ3) is 2.15. The van der Waals surface area contributed by atoms with Gasteiger partial charge in [-0.15, -0.1) is 0 Å². The van der Waals surface area contributed by atoms with Crippen molar-refractivity contribution in [1.82, 2.24) is 5.32 Å². The highest BCUT2D eigenvalue weighted by Crippen LogP contribution is 2.16. The minimum Gasteiger partial charge on any atom is -0.385 e. The zero-order valence-electron chi connectivity index (χ0n) is 6.44. The van der Waals surface area contributed by atoms with Crippen LogP contribution >= 0.6 is 0 Å². The van der Waals surface area contributed by atoms with Crippen LogP contribution in [0.3, 0.4) is 0 Å². The fourth-order valence-corrected chi connectivity index (χ4v) is 1.38. The van der Waals surface area contributed by atoms with Crippen LogP contribution in [0.5, 0.6) is 0 Å². The van der Waals surface area contributed by atoms with Crippen molar-refractivity contribution in [3.63, 3.8) is 0 Å². The highest BCUT2D eigenvalue weighted by Gasteiger charge is 2.24. The molecule has 0 aromatic heterocycles. The highest BCUT2D eigenvalue weighted by atomic mass is 19.1. The van der Waals surface area contributed by atoms with Crippen LogP contribution in [0.2, 0.25) is 0 Å². The summed E-state index contributed by atoms with van der Waals surface area (Å²) in [7, 11) is 0. The van der Waals surface area contributed by atoms with Gasteiger partial charge in [-0.3, -0.25) is 5.41 Å². The molecule has 3 nitrogen and oxygen atoms in total. The number of hydrogen-bond acceptors (Lipinski definition) is 2. The molecule has 4 heteroatoms. The van der Waals surface area contributed by atoms with Crippen LogP contribution in [0.25, 0.3) is 0 Å². The van der Waals surface area contributed by atoms with Crippen molar-refractivity contribution < 1.29 is 4.39 Å². The van der Waals surface area contributed by atoms with Crippen LogP contribution in [-0.4, -0.2) is 25.1 Å². The van der Waals surface area contributed by atoms with Gasteiger partial charge in [-0.2, -0.15) is 0 Å². The predicted octanol–water partition coefficient (Wildman–Crippen LogP) is 0.260. The lowest BCUT2D eigenvalue weighted by atomic mass is 9.94. The summed E-state index contributed by atoms with van der Waals surface area (Å²) in [4.78, 5) is 0. The Hall–Kier alpha value is -0.640. The second-order valence-electron chi connectivity index (χ2n) is 2.96. The Morgan fingerprint density at radius 3 is 2.91 bits per heavy atom. The minimum absolute atomic E-state index is 0.0822. The molecule has 0 bridgehead atoms. The topological polar surface area (TPSA) is 61.9 Å². The summed E-state index contributed by atoms with van der Waals surface area (Å²) in [6.45, 7) is 1.61. The fraction of sp³-hybridized carbons (Fsp3) is 0.857. The second-order valence-corrected chi connectivity index (χ2v) is 2.96. The summed E-state index contributed by atoms with van der Waals surface area (Å²) in [5, 5.41) is 9.99. The maximum absolute atomic E-state index is 13.0. The van der Waals surface area contributed by atoms with Crippen molar-refractivity contribution in [1.29, 1.82) is 5.41 Å². The standard InChI is InChI=1S/C7H14FN3/c8-6(7(9)10)5-2-1-3-11-4-5/h5-6,11H,1-4H2,(H3,9,10). The van der Waals surface area contributed by atoms with E-state index in [2.05, 4.69) is 5.32 Å². The Morgan fingerprint density at radius 2 is 2.45 bits per heavy atom. The van der Waals surface area contributed by atoms with Crippen molar-refractivity contribution in [3.05, 3.63) is 0 Å². The summed E-state index contributed by atoms with van der Waals surface area (Å²) in [6, 6.07) is 0. The predicted molar refractivity (Wildman–Crippen MR) is 42.4 cm³/mol. The first-order chi connectivity index (χ1) is 5.22. The molecule has 1 rings (SSSR count). The van der Waals surface area contributed by atoms with Crippen LogP contribution in [0.1, 0.15) is 12.8 Å². The van der Waals surface area contributed by atoms with Gasteiger partial charge < -0.3 is 11.1 Å². The lowest BCUT2D eigenvalue weighted by Crippen LogP contribution is -2.40. The van der Waals surface area contributed by atoms with Crippen LogP contribution in [-0.2, 0) is 0 Å². The van der Waals surface area contributed by atoms with Gasteiger partial charge in [0.1, 0.15) is 5.84 Å². The zero-order valence-corrected chi connectivity index (χ0v) is 6.44. The number of piperidine rings is 1. The van der Waals surface area contributed by atoms with E-state index in [1.807, 2.05) is 0 Å². The highest BCUT2D eigenvalue weighted by molar-refractivity contribution is 5.81. The zero-order chi connectivity index (χ0) is 8.27. The summed E-state index contributed by atoms with van der Waals surface area (Å²) in [5.74, 6) is -0.417. The number of rotatable bonds is 2. The average molecular weight is 159 g/mol. The van der Waals surface area contributed by atoms with Gasteiger partial charge in [0, 0.05) is 12.5 Å². The van der Waals surface area contributed by atoms with Crippen LogP contribution in [0.4, 0.5) is 4.39 Å². The number of nitrogens with two attached hydrogens (primary N) is 1. The summed E-state index contributed by atoms with van der Waals surface area (Å²) < 4.78 is 13.0. The van der Waals surface area contributed by atoms with Crippen molar-refractivity contribution in [3.8, 4) is 0 Å². The van der Waals surface area contributed by atoms with Crippen LogP contribution < -0.4 is 11.1 Å². The molecule has 11 heavy (non-hydrogen) atoms. The lowest BCUT2D eigenvalue weighted by Gasteiger charge is -2.24. The van der Waals surface area contributed by atoms with Crippen molar-refractivity contribution >= 4 is 5.84 Å². The first kappa shape index (κ1) is 8.46. The van der Waals surface area contributed by atoms with Gasteiger partial charge in [-0.25, -0.2) is 4.39 Å². The SMILES string of the molecule is N=C(N)C(F)C1CCCNC1. The molecule has 1 heterocycles. The van der Waals surface area contributed by atoms with E-state index in [9.17, 15) is 4.39 Å². The molecule has 2 atom stereocenters. The van der Waals surface area contributed by atoms with Crippen LogP contribution in [0, 0.1) is 11.3 Å². The van der Waals surface area contributed by atoms with Gasteiger partial charge in [0.25, 0.3) is 0 Å². The summed E-state index contributed by atoms with van der Waals surface area (Å²) >= 11 is 0. The molecule has 1 fully saturated rings. The Labute approximate surface area is 65.7 Å². The summed E-state index contributed by atoms with van der Waals surface area (Å²) in [5.41, 5.74) is 5.05. The molecule has 0 aromatic carbocycles. The molecule has 1 aliphatic rings. The average Bonchev–Trinajstić information content (AvgIpc) is 2.05. The molecule has 0 saturated carbocycles. The second kappa shape index (κ2) is 3.67. The van der Waals surface area contributed by atoms with E-state index in [0.29, 0.717) is 6.54 Å². The fourth-order valence-electron chi connectivity index (χ4n) is 1.38. The Bertz CT molecular complexity index is 143. The van der Waals surface area contributed by atoms with E-state index in [1.54, 1.807) is 0 Å². The minimum atomic E-state index is -1.25. The molecule has 64 valence electrons. The molecule has 1 saturated heterocycles. The Kier molecular flexibility index (Phi) is 2.82. The molecule has 0 spiro atoms. The van der Waals surface area contributed by atoms with E-state index in [1.165, 1.54) is 0 Å². The Balaban J connectivity index is 2.38. The molecule has 0 amide bonds. The first-order valence-corrected chi connectivity index (χ1v) is 3.90. The van der Waals surface area contributed by atoms with Crippen molar-refractivity contribution in [2.75, 3.05) is 13.1 Å². The van der Waals surface area contributed by atoms with E-state index in [-0.39, 0.29) is 11.8 Å². The van der Waals surface area contributed by atoms with E-state index in [0.717, 1.165) is 19.4 Å². The molecule has 4 N–H and O–H groups in total. The monoisotopic (exact) mass is 159 g/mol. The van der Waals surface area contributed by atoms with Gasteiger partial charge in [-0.05, 0) is 19.4 Å². The van der Waals surface area contributed by atoms with E-state index >= 15 is 0 Å². The molecule has 0 radical (unpaired) electrons. The molecular weight excluding hydrogens is 145 g/mol. The third-order valence-corrected chi connectivity index (χ3v) is 2.05. The third-order valence-electron chi connectivity index (χ3n) is 2.05. The molecule has 2 unspecified atom stereocenters. The Morgan fingerprint density at radius 1 is 1.73 bits per heavy atom. The molecule has 0 aromatic rings. The maximum atomic E-state index is 13.0. The van der Waals surface area contributed by atoms with Crippen molar-refractivity contribution in [2.45, 2.75) is 19.0 Å². The van der Waals surface area contributed by atoms with Gasteiger partial charge in [0.05, 0.1) is 0 Å². The lowest BCUT2D eigenvalue weighted by molar-refractivity contribution is 0.248. The number of nitrogens with one attached hydrogen (secondary N) is 2. The number of amidine groups is 1. The normalized spacial score (nSPS) is 27.9. The van der Waals surface area contributed by atoms with Gasteiger partial charge in [0.15, 0.2) is 6.17 Å². The van der Waals surface area contributed by atoms with Crippen molar-refractivity contribution in [2.24, 2.45) is 11.7 Å². The largest absolute Gasteiger partial charge is 0.385 e. The number of alkyl halides is 1. The smallest absolute Gasteiger partial charge is 0.160 e. The molecule has 1 aliphatic heterocycles. The van der Waals surface area contributed by atoms with E-state index in [4.69, 9.17) is 11.1 Å². The van der Waals surface area contributed by atoms with Gasteiger partial charge in [-0.1, -0.05) is 0 Å². The van der Waals surface area contributed by atoms with Gasteiger partial charge >= 0.3 is 0 Å². The quantitative estimate of drug-likeness (QED) is 0.400. The van der Waals surface area contributed by atoms with E-state index < -0.39 is 6.17 Å². The number of halogens is 1. The molecule has 0 aliphatic carbocycles. The first-order valence-electron chi connectivity index (χ1n) is 3.90. The number of hydrogen-bond donors (Lipinski definition) is 3. The van der Waals surface area contributed by atoms with Crippen LogP contribution in [0.15, 0.2) is 0 Å². The molecular formula is C7H14FN3. The van der Waals surface area contributed by atoms with Gasteiger partial charge in [0.2, 0.25) is 0 Å².